The molecule has 19 heavy (non-hydrogen) atoms. The largest absolute Gasteiger partial charge is 0.478 e. The van der Waals surface area contributed by atoms with Gasteiger partial charge in [0, 0.05) is 11.6 Å². The van der Waals surface area contributed by atoms with E-state index >= 15 is 0 Å². The van der Waals surface area contributed by atoms with Gasteiger partial charge in [-0.15, -0.1) is 0 Å². The fourth-order valence-corrected chi connectivity index (χ4v) is 2.11. The molecule has 4 heteroatoms. The highest BCUT2D eigenvalue weighted by molar-refractivity contribution is 5.97. The second kappa shape index (κ2) is 6.36. The number of amides is 1. The first-order chi connectivity index (χ1) is 8.79. The molecule has 4 nitrogen and oxygen atoms in total. The molecule has 1 rings (SSSR count). The van der Waals surface area contributed by atoms with Crippen molar-refractivity contribution in [3.63, 3.8) is 0 Å². The Kier molecular flexibility index (Phi) is 5.10. The molecule has 1 aromatic rings. The lowest BCUT2D eigenvalue weighted by atomic mass is 10.0. The first kappa shape index (κ1) is 15.2. The normalized spacial score (nSPS) is 12.3. The molecule has 0 heterocycles. The van der Waals surface area contributed by atoms with Gasteiger partial charge in [0.2, 0.25) is 0 Å². The molecule has 0 radical (unpaired) electrons. The molecule has 0 aliphatic carbocycles. The summed E-state index contributed by atoms with van der Waals surface area (Å²) in [7, 11) is 0. The van der Waals surface area contributed by atoms with Crippen LogP contribution in [0.3, 0.4) is 0 Å². The molecule has 0 aromatic heterocycles. The highest BCUT2D eigenvalue weighted by Crippen LogP contribution is 2.11. The molecule has 1 unspecified atom stereocenters. The van der Waals surface area contributed by atoms with E-state index in [-0.39, 0.29) is 17.5 Å². The smallest absolute Gasteiger partial charge is 0.335 e. The van der Waals surface area contributed by atoms with Crippen molar-refractivity contribution in [1.29, 1.82) is 0 Å². The van der Waals surface area contributed by atoms with Gasteiger partial charge in [0.15, 0.2) is 0 Å². The predicted molar refractivity (Wildman–Crippen MR) is 74.5 cm³/mol. The van der Waals surface area contributed by atoms with E-state index in [0.717, 1.165) is 12.0 Å². The fraction of sp³-hybridized carbons (Fsp3) is 0.467. The Morgan fingerprint density at radius 1 is 1.16 bits per heavy atom. The maximum atomic E-state index is 12.1. The molecule has 0 fully saturated rings. The van der Waals surface area contributed by atoms with Crippen LogP contribution in [-0.2, 0) is 0 Å². The number of carboxylic acids is 1. The Morgan fingerprint density at radius 3 is 2.26 bits per heavy atom. The van der Waals surface area contributed by atoms with Gasteiger partial charge in [0.1, 0.15) is 0 Å². The van der Waals surface area contributed by atoms with Crippen molar-refractivity contribution in [2.45, 2.75) is 40.2 Å². The summed E-state index contributed by atoms with van der Waals surface area (Å²) in [5.41, 5.74) is 1.30. The van der Waals surface area contributed by atoms with Crippen LogP contribution in [0.2, 0.25) is 0 Å². The monoisotopic (exact) mass is 263 g/mol. The minimum absolute atomic E-state index is 0.0706. The lowest BCUT2D eigenvalue weighted by Gasteiger charge is -2.16. The van der Waals surface area contributed by atoms with E-state index in [9.17, 15) is 9.59 Å². The van der Waals surface area contributed by atoms with Crippen LogP contribution in [0, 0.1) is 12.8 Å². The van der Waals surface area contributed by atoms with Crippen molar-refractivity contribution in [2.75, 3.05) is 0 Å². The van der Waals surface area contributed by atoms with E-state index in [1.54, 1.807) is 19.1 Å². The summed E-state index contributed by atoms with van der Waals surface area (Å²) >= 11 is 0. The molecule has 0 aliphatic rings. The van der Waals surface area contributed by atoms with Crippen LogP contribution in [-0.4, -0.2) is 23.0 Å². The molecule has 2 N–H and O–H groups in total. The van der Waals surface area contributed by atoms with Crippen molar-refractivity contribution >= 4 is 11.9 Å². The van der Waals surface area contributed by atoms with Gasteiger partial charge in [0.25, 0.3) is 5.91 Å². The van der Waals surface area contributed by atoms with Gasteiger partial charge in [-0.1, -0.05) is 13.8 Å². The van der Waals surface area contributed by atoms with Gasteiger partial charge < -0.3 is 10.4 Å². The second-order valence-electron chi connectivity index (χ2n) is 5.40. The van der Waals surface area contributed by atoms with Gasteiger partial charge in [-0.3, -0.25) is 4.79 Å². The van der Waals surface area contributed by atoms with Crippen LogP contribution in [0.15, 0.2) is 18.2 Å². The van der Waals surface area contributed by atoms with E-state index in [2.05, 4.69) is 19.2 Å². The van der Waals surface area contributed by atoms with Gasteiger partial charge in [-0.2, -0.15) is 0 Å². The molecule has 1 atom stereocenters. The number of carbonyl (C=O) groups is 2. The topological polar surface area (TPSA) is 66.4 Å². The lowest BCUT2D eigenvalue weighted by Crippen LogP contribution is -2.33. The standard InChI is InChI=1S/C15H21NO3/c1-9(2)5-11(4)16-14(17)12-6-10(3)7-13(8-12)15(18)19/h6-9,11H,5H2,1-4H3,(H,16,17)(H,18,19). The number of nitrogens with one attached hydrogen (secondary N) is 1. The highest BCUT2D eigenvalue weighted by Gasteiger charge is 2.13. The number of carbonyl (C=O) groups excluding carboxylic acids is 1. The van der Waals surface area contributed by atoms with Crippen LogP contribution in [0.4, 0.5) is 0 Å². The Hall–Kier alpha value is -1.84. The highest BCUT2D eigenvalue weighted by atomic mass is 16.4. The maximum Gasteiger partial charge on any atom is 0.335 e. The number of rotatable bonds is 5. The zero-order valence-electron chi connectivity index (χ0n) is 11.9. The third kappa shape index (κ3) is 4.73. The average molecular weight is 263 g/mol. The van der Waals surface area contributed by atoms with Crippen molar-refractivity contribution in [1.82, 2.24) is 5.32 Å². The number of hydrogen-bond donors (Lipinski definition) is 2. The molecular formula is C15H21NO3. The first-order valence-electron chi connectivity index (χ1n) is 6.45. The summed E-state index contributed by atoms with van der Waals surface area (Å²) in [6, 6.07) is 4.73. The molecule has 1 amide bonds. The summed E-state index contributed by atoms with van der Waals surface area (Å²) < 4.78 is 0. The van der Waals surface area contributed by atoms with Gasteiger partial charge in [0.05, 0.1) is 5.56 Å². The average Bonchev–Trinajstić information content (AvgIpc) is 2.26. The van der Waals surface area contributed by atoms with Crippen LogP contribution in [0.25, 0.3) is 0 Å². The summed E-state index contributed by atoms with van der Waals surface area (Å²) in [4.78, 5) is 23.0. The van der Waals surface area contributed by atoms with Crippen molar-refractivity contribution in [3.8, 4) is 0 Å². The Labute approximate surface area is 113 Å². The van der Waals surface area contributed by atoms with E-state index in [0.29, 0.717) is 11.5 Å². The Bertz CT molecular complexity index is 480. The van der Waals surface area contributed by atoms with Crippen LogP contribution in [0.5, 0.6) is 0 Å². The Morgan fingerprint density at radius 2 is 1.74 bits per heavy atom. The quantitative estimate of drug-likeness (QED) is 0.858. The zero-order valence-corrected chi connectivity index (χ0v) is 11.9. The van der Waals surface area contributed by atoms with E-state index in [4.69, 9.17) is 5.11 Å². The molecule has 0 saturated heterocycles. The number of hydrogen-bond acceptors (Lipinski definition) is 2. The number of aryl methyl sites for hydroxylation is 1. The molecule has 0 saturated carbocycles. The van der Waals surface area contributed by atoms with Crippen LogP contribution >= 0.6 is 0 Å². The molecule has 0 aliphatic heterocycles. The van der Waals surface area contributed by atoms with Gasteiger partial charge in [-0.05, 0) is 49.9 Å². The van der Waals surface area contributed by atoms with E-state index < -0.39 is 5.97 Å². The van der Waals surface area contributed by atoms with Crippen molar-refractivity contribution < 1.29 is 14.7 Å². The Balaban J connectivity index is 2.85. The summed E-state index contributed by atoms with van der Waals surface area (Å²) in [5.74, 6) is -0.741. The van der Waals surface area contributed by atoms with E-state index in [1.807, 2.05) is 6.92 Å². The third-order valence-corrected chi connectivity index (χ3v) is 2.79. The van der Waals surface area contributed by atoms with Crippen LogP contribution < -0.4 is 5.32 Å². The molecule has 104 valence electrons. The minimum Gasteiger partial charge on any atom is -0.478 e. The molecule has 1 aromatic carbocycles. The molecule has 0 spiro atoms. The summed E-state index contributed by atoms with van der Waals surface area (Å²) in [6.45, 7) is 7.92. The summed E-state index contributed by atoms with van der Waals surface area (Å²) in [6.07, 6.45) is 0.892. The molecule has 0 bridgehead atoms. The zero-order chi connectivity index (χ0) is 14.6. The van der Waals surface area contributed by atoms with Crippen LogP contribution in [0.1, 0.15) is 53.5 Å². The van der Waals surface area contributed by atoms with Gasteiger partial charge >= 0.3 is 5.97 Å². The summed E-state index contributed by atoms with van der Waals surface area (Å²) in [5, 5.41) is 11.9. The van der Waals surface area contributed by atoms with E-state index in [1.165, 1.54) is 6.07 Å². The second-order valence-corrected chi connectivity index (χ2v) is 5.40. The molecular weight excluding hydrogens is 242 g/mol. The number of aromatic carboxylic acids is 1. The van der Waals surface area contributed by atoms with Crippen molar-refractivity contribution in [3.05, 3.63) is 34.9 Å². The fourth-order valence-electron chi connectivity index (χ4n) is 2.11. The number of benzene rings is 1. The third-order valence-electron chi connectivity index (χ3n) is 2.79. The predicted octanol–water partition coefficient (Wildman–Crippen LogP) is 2.86. The first-order valence-corrected chi connectivity index (χ1v) is 6.45. The van der Waals surface area contributed by atoms with Gasteiger partial charge in [-0.25, -0.2) is 4.79 Å². The number of carboxylic acid groups (broad SMARTS) is 1. The maximum absolute atomic E-state index is 12.1. The lowest BCUT2D eigenvalue weighted by molar-refractivity contribution is 0.0696. The SMILES string of the molecule is Cc1cc(C(=O)O)cc(C(=O)NC(C)CC(C)C)c1. The minimum atomic E-state index is -1.02. The van der Waals surface area contributed by atoms with Crippen molar-refractivity contribution in [2.24, 2.45) is 5.92 Å².